The van der Waals surface area contributed by atoms with Crippen molar-refractivity contribution in [3.8, 4) is 0 Å². The molecule has 0 fully saturated rings. The fourth-order valence-electron chi connectivity index (χ4n) is 2.64. The van der Waals surface area contributed by atoms with Gasteiger partial charge in [0, 0.05) is 26.5 Å². The molecule has 7 nitrogen and oxygen atoms in total. The molecular formula is C16H16F3N5O2S. The van der Waals surface area contributed by atoms with Gasteiger partial charge in [0.2, 0.25) is 16.3 Å². The van der Waals surface area contributed by atoms with Gasteiger partial charge in [0.15, 0.2) is 5.82 Å². The number of carbonyl (C=O) groups is 1. The summed E-state index contributed by atoms with van der Waals surface area (Å²) >= 11 is 1.27. The molecule has 11 heteroatoms. The van der Waals surface area contributed by atoms with E-state index in [1.807, 2.05) is 24.3 Å². The first-order valence-corrected chi connectivity index (χ1v) is 8.59. The van der Waals surface area contributed by atoms with Gasteiger partial charge in [0.05, 0.1) is 16.6 Å². The Morgan fingerprint density at radius 1 is 1.33 bits per heavy atom. The molecule has 1 amide bonds. The van der Waals surface area contributed by atoms with E-state index in [2.05, 4.69) is 15.5 Å². The normalized spacial score (nSPS) is 15.1. The Kier molecular flexibility index (Phi) is 4.82. The molecule has 1 unspecified atom stereocenters. The highest BCUT2D eigenvalue weighted by atomic mass is 32.1. The van der Waals surface area contributed by atoms with Crippen LogP contribution < -0.4 is 10.2 Å². The van der Waals surface area contributed by atoms with Crippen LogP contribution in [0.5, 0.6) is 0 Å². The lowest BCUT2D eigenvalue weighted by Gasteiger charge is -2.28. The zero-order valence-electron chi connectivity index (χ0n) is 14.4. The Hall–Kier alpha value is -2.66. The smallest absolute Gasteiger partial charge is 0.374 e. The van der Waals surface area contributed by atoms with Crippen LogP contribution in [-0.4, -0.2) is 31.3 Å². The Balaban J connectivity index is 1.87. The number of para-hydroxylation sites is 1. The molecule has 0 bridgehead atoms. The maximum absolute atomic E-state index is 13.5. The quantitative estimate of drug-likeness (QED) is 0.656. The highest BCUT2D eigenvalue weighted by molar-refractivity contribution is 7.16. The number of aromatic nitrogens is 3. The van der Waals surface area contributed by atoms with Crippen molar-refractivity contribution >= 4 is 27.5 Å². The number of fused-ring (bicyclic) bond motifs is 1. The van der Waals surface area contributed by atoms with Crippen LogP contribution in [0.2, 0.25) is 0 Å². The third-order valence-electron chi connectivity index (χ3n) is 4.07. The first kappa shape index (κ1) is 19.1. The van der Waals surface area contributed by atoms with E-state index >= 15 is 0 Å². The molecule has 0 spiro atoms. The van der Waals surface area contributed by atoms with Crippen LogP contribution >= 0.6 is 11.3 Å². The van der Waals surface area contributed by atoms with E-state index in [1.165, 1.54) is 24.6 Å². The number of imidazole rings is 1. The van der Waals surface area contributed by atoms with Crippen molar-refractivity contribution in [2.24, 2.45) is 19.2 Å². The number of nitrogens with zero attached hydrogens (tertiary/aromatic N) is 4. The van der Waals surface area contributed by atoms with Gasteiger partial charge in [0.25, 0.3) is 0 Å². The SMILES string of the molecule is Cn1ccnc1C(O)(CC(=O)N/N=c1/sc2ccccc2n1C)C(F)(F)F. The lowest BCUT2D eigenvalue weighted by molar-refractivity contribution is -0.271. The van der Waals surface area contributed by atoms with Gasteiger partial charge in [-0.15, -0.1) is 5.10 Å². The molecule has 2 N–H and O–H groups in total. The standard InChI is InChI=1S/C16H16F3N5O2S/c1-23-8-7-20-13(23)15(26,16(17,18)19)9-12(25)21-22-14-24(2)10-5-3-4-6-11(10)27-14/h3-8,26H,9H2,1-2H3,(H,21,25)/b22-14+. The van der Waals surface area contributed by atoms with E-state index in [9.17, 15) is 23.1 Å². The number of thiazole rings is 1. The molecule has 0 saturated heterocycles. The molecule has 1 aromatic carbocycles. The molecule has 2 aromatic heterocycles. The summed E-state index contributed by atoms with van der Waals surface area (Å²) < 4.78 is 44.0. The highest BCUT2D eigenvalue weighted by Gasteiger charge is 2.58. The second-order valence-electron chi connectivity index (χ2n) is 5.95. The number of alkyl halides is 3. The number of amides is 1. The van der Waals surface area contributed by atoms with Crippen molar-refractivity contribution in [1.29, 1.82) is 0 Å². The van der Waals surface area contributed by atoms with Crippen LogP contribution in [0.1, 0.15) is 12.2 Å². The predicted octanol–water partition coefficient (Wildman–Crippen LogP) is 1.75. The number of carbonyl (C=O) groups excluding carboxylic acids is 1. The van der Waals surface area contributed by atoms with Gasteiger partial charge in [-0.3, -0.25) is 4.79 Å². The predicted molar refractivity (Wildman–Crippen MR) is 92.3 cm³/mol. The number of rotatable bonds is 4. The molecule has 3 rings (SSSR count). The first-order chi connectivity index (χ1) is 12.6. The number of halogens is 3. The maximum atomic E-state index is 13.5. The summed E-state index contributed by atoms with van der Waals surface area (Å²) in [5.74, 6) is -1.76. The average molecular weight is 399 g/mol. The Morgan fingerprint density at radius 3 is 2.63 bits per heavy atom. The molecule has 0 saturated carbocycles. The average Bonchev–Trinajstić information content (AvgIpc) is 3.16. The van der Waals surface area contributed by atoms with Gasteiger partial charge >= 0.3 is 6.18 Å². The number of aryl methyl sites for hydroxylation is 2. The van der Waals surface area contributed by atoms with E-state index in [0.29, 0.717) is 4.80 Å². The second-order valence-corrected chi connectivity index (χ2v) is 6.96. The summed E-state index contributed by atoms with van der Waals surface area (Å²) in [7, 11) is 3.03. The van der Waals surface area contributed by atoms with Gasteiger partial charge in [-0.25, -0.2) is 10.4 Å². The highest BCUT2D eigenvalue weighted by Crippen LogP contribution is 2.40. The summed E-state index contributed by atoms with van der Waals surface area (Å²) in [4.78, 5) is 16.1. The monoisotopic (exact) mass is 399 g/mol. The van der Waals surface area contributed by atoms with Crippen molar-refractivity contribution < 1.29 is 23.1 Å². The van der Waals surface area contributed by atoms with E-state index in [4.69, 9.17) is 0 Å². The lowest BCUT2D eigenvalue weighted by Crippen LogP contribution is -2.47. The van der Waals surface area contributed by atoms with E-state index in [1.54, 1.807) is 11.6 Å². The summed E-state index contributed by atoms with van der Waals surface area (Å²) in [6, 6.07) is 7.41. The lowest BCUT2D eigenvalue weighted by atomic mass is 9.97. The number of aliphatic hydroxyl groups is 1. The zero-order chi connectivity index (χ0) is 19.8. The minimum atomic E-state index is -5.09. The summed E-state index contributed by atoms with van der Waals surface area (Å²) in [6.45, 7) is 0. The van der Waals surface area contributed by atoms with Gasteiger partial charge in [0.1, 0.15) is 0 Å². The molecule has 3 aromatic rings. The number of hydrogen-bond donors (Lipinski definition) is 2. The van der Waals surface area contributed by atoms with Crippen molar-refractivity contribution in [2.75, 3.05) is 0 Å². The van der Waals surface area contributed by atoms with E-state index in [0.717, 1.165) is 21.0 Å². The second kappa shape index (κ2) is 6.82. The number of benzene rings is 1. The van der Waals surface area contributed by atoms with Crippen molar-refractivity contribution in [1.82, 2.24) is 19.5 Å². The van der Waals surface area contributed by atoms with Crippen LogP contribution in [0, 0.1) is 0 Å². The molecule has 0 aliphatic rings. The minimum absolute atomic E-state index is 0.400. The molecule has 2 heterocycles. The molecule has 144 valence electrons. The molecule has 27 heavy (non-hydrogen) atoms. The van der Waals surface area contributed by atoms with Crippen molar-refractivity contribution in [3.05, 3.63) is 47.3 Å². The van der Waals surface area contributed by atoms with Gasteiger partial charge in [-0.2, -0.15) is 13.2 Å². The zero-order valence-corrected chi connectivity index (χ0v) is 15.2. The molecule has 0 radical (unpaired) electrons. The summed E-state index contributed by atoms with van der Waals surface area (Å²) in [5.41, 5.74) is -0.464. The van der Waals surface area contributed by atoms with Gasteiger partial charge < -0.3 is 14.2 Å². The topological polar surface area (TPSA) is 84.4 Å². The molecule has 0 aliphatic heterocycles. The van der Waals surface area contributed by atoms with Crippen LogP contribution in [0.4, 0.5) is 13.2 Å². The largest absolute Gasteiger partial charge is 0.425 e. The Morgan fingerprint density at radius 2 is 2.04 bits per heavy atom. The van der Waals surface area contributed by atoms with Crippen LogP contribution in [0.25, 0.3) is 10.2 Å². The molecule has 0 aliphatic carbocycles. The summed E-state index contributed by atoms with van der Waals surface area (Å²) in [5, 5.41) is 14.1. The maximum Gasteiger partial charge on any atom is 0.425 e. The Labute approximate surface area is 155 Å². The first-order valence-electron chi connectivity index (χ1n) is 7.77. The Bertz CT molecular complexity index is 1050. The van der Waals surface area contributed by atoms with Crippen molar-refractivity contribution in [3.63, 3.8) is 0 Å². The van der Waals surface area contributed by atoms with Gasteiger partial charge in [-0.1, -0.05) is 23.5 Å². The fourth-order valence-corrected chi connectivity index (χ4v) is 3.62. The third kappa shape index (κ3) is 3.47. The molecular weight excluding hydrogens is 383 g/mol. The minimum Gasteiger partial charge on any atom is -0.374 e. The molecule has 1 atom stereocenters. The third-order valence-corrected chi connectivity index (χ3v) is 5.18. The van der Waals surface area contributed by atoms with Crippen LogP contribution in [-0.2, 0) is 24.5 Å². The summed E-state index contributed by atoms with van der Waals surface area (Å²) in [6.07, 6.45) is -3.98. The van der Waals surface area contributed by atoms with Crippen molar-refractivity contribution in [2.45, 2.75) is 18.2 Å². The number of hydrogen-bond acceptors (Lipinski definition) is 5. The van der Waals surface area contributed by atoms with E-state index < -0.39 is 29.9 Å². The van der Waals surface area contributed by atoms with Crippen LogP contribution in [0.15, 0.2) is 41.8 Å². The fraction of sp³-hybridized carbons (Fsp3) is 0.312. The number of nitrogens with one attached hydrogen (secondary N) is 1. The van der Waals surface area contributed by atoms with Crippen LogP contribution in [0.3, 0.4) is 0 Å². The van der Waals surface area contributed by atoms with E-state index in [-0.39, 0.29) is 0 Å². The van der Waals surface area contributed by atoms with Gasteiger partial charge in [-0.05, 0) is 12.1 Å².